The van der Waals surface area contributed by atoms with Crippen molar-refractivity contribution < 1.29 is 0 Å². The van der Waals surface area contributed by atoms with E-state index in [0.717, 1.165) is 0 Å². The van der Waals surface area contributed by atoms with E-state index in [1.807, 2.05) is 0 Å². The lowest BCUT2D eigenvalue weighted by molar-refractivity contribution is 0.809. The van der Waals surface area contributed by atoms with Gasteiger partial charge in [0, 0.05) is 0 Å². The van der Waals surface area contributed by atoms with Crippen LogP contribution in [0.25, 0.3) is 87.6 Å². The normalized spacial score (nSPS) is 13.4. The van der Waals surface area contributed by atoms with Crippen LogP contribution in [0.5, 0.6) is 0 Å². The lowest BCUT2D eigenvalue weighted by atomic mass is 9.68. The molecule has 0 aromatic heterocycles. The minimum absolute atomic E-state index is 0.429. The Balaban J connectivity index is 1.14. The average molecular weight is 669 g/mol. The van der Waals surface area contributed by atoms with Gasteiger partial charge in [-0.15, -0.1) is 0 Å². The van der Waals surface area contributed by atoms with E-state index in [1.54, 1.807) is 0 Å². The molecular formula is C53H32. The molecule has 0 heterocycles. The summed E-state index contributed by atoms with van der Waals surface area (Å²) in [6.07, 6.45) is 0. The zero-order valence-electron chi connectivity index (χ0n) is 29.0. The van der Waals surface area contributed by atoms with Gasteiger partial charge in [0.15, 0.2) is 0 Å². The van der Waals surface area contributed by atoms with Gasteiger partial charge >= 0.3 is 0 Å². The molecule has 10 aromatic carbocycles. The van der Waals surface area contributed by atoms with E-state index in [9.17, 15) is 0 Å². The molecule has 0 saturated heterocycles. The second kappa shape index (κ2) is 10.6. The van der Waals surface area contributed by atoms with Crippen LogP contribution in [-0.2, 0) is 5.41 Å². The third-order valence-electron chi connectivity index (χ3n) is 12.2. The Bertz CT molecular complexity index is 3130. The molecule has 0 heteroatoms. The van der Waals surface area contributed by atoms with Crippen molar-refractivity contribution in [3.63, 3.8) is 0 Å². The van der Waals surface area contributed by atoms with Crippen molar-refractivity contribution in [2.75, 3.05) is 0 Å². The van der Waals surface area contributed by atoms with Crippen LogP contribution in [0.2, 0.25) is 0 Å². The van der Waals surface area contributed by atoms with Crippen molar-refractivity contribution in [3.8, 4) is 44.5 Å². The van der Waals surface area contributed by atoms with Crippen LogP contribution in [0.1, 0.15) is 22.3 Å². The monoisotopic (exact) mass is 668 g/mol. The second-order valence-corrected chi connectivity index (χ2v) is 14.7. The molecule has 12 rings (SSSR count). The Kier molecular flexibility index (Phi) is 5.80. The Morgan fingerprint density at radius 2 is 0.736 bits per heavy atom. The lowest BCUT2D eigenvalue weighted by Gasteiger charge is -2.32. The van der Waals surface area contributed by atoms with Crippen LogP contribution >= 0.6 is 0 Å². The molecular weight excluding hydrogens is 637 g/mol. The summed E-state index contributed by atoms with van der Waals surface area (Å²) in [7, 11) is 0. The third-order valence-corrected chi connectivity index (χ3v) is 12.2. The molecule has 1 spiro atoms. The molecule has 53 heavy (non-hydrogen) atoms. The summed E-state index contributed by atoms with van der Waals surface area (Å²) >= 11 is 0. The highest BCUT2D eigenvalue weighted by atomic mass is 14.5. The molecule has 244 valence electrons. The van der Waals surface area contributed by atoms with Crippen molar-refractivity contribution in [1.29, 1.82) is 0 Å². The lowest BCUT2D eigenvalue weighted by Crippen LogP contribution is -2.26. The molecule has 2 aliphatic carbocycles. The van der Waals surface area contributed by atoms with Gasteiger partial charge in [0.1, 0.15) is 0 Å². The minimum Gasteiger partial charge on any atom is -0.0619 e. The fraction of sp³-hybridized carbons (Fsp3) is 0.0189. The highest BCUT2D eigenvalue weighted by Gasteiger charge is 2.53. The summed E-state index contributed by atoms with van der Waals surface area (Å²) < 4.78 is 0. The summed E-state index contributed by atoms with van der Waals surface area (Å²) in [4.78, 5) is 0. The van der Waals surface area contributed by atoms with Crippen molar-refractivity contribution in [3.05, 3.63) is 216 Å². The predicted octanol–water partition coefficient (Wildman–Crippen LogP) is 14.0. The van der Waals surface area contributed by atoms with E-state index in [2.05, 4.69) is 194 Å². The number of benzene rings is 10. The van der Waals surface area contributed by atoms with Crippen LogP contribution in [0.3, 0.4) is 0 Å². The molecule has 0 unspecified atom stereocenters. The highest BCUT2D eigenvalue weighted by Crippen LogP contribution is 2.65. The van der Waals surface area contributed by atoms with E-state index in [4.69, 9.17) is 0 Å². The fourth-order valence-electron chi connectivity index (χ4n) is 10.2. The first-order chi connectivity index (χ1) is 26.3. The quantitative estimate of drug-likeness (QED) is 0.161. The molecule has 0 saturated carbocycles. The van der Waals surface area contributed by atoms with Crippen LogP contribution in [-0.4, -0.2) is 0 Å². The molecule has 2 aliphatic rings. The highest BCUT2D eigenvalue weighted by molar-refractivity contribution is 6.15. The molecule has 0 fully saturated rings. The van der Waals surface area contributed by atoms with Crippen LogP contribution in [0.15, 0.2) is 194 Å². The molecule has 0 nitrogen and oxygen atoms in total. The fourth-order valence-corrected chi connectivity index (χ4v) is 10.2. The van der Waals surface area contributed by atoms with E-state index in [0.29, 0.717) is 0 Å². The molecule has 0 atom stereocenters. The maximum Gasteiger partial charge on any atom is 0.0737 e. The summed E-state index contributed by atoms with van der Waals surface area (Å²) in [6.45, 7) is 0. The smallest absolute Gasteiger partial charge is 0.0619 e. The zero-order valence-corrected chi connectivity index (χ0v) is 29.0. The first-order valence-corrected chi connectivity index (χ1v) is 18.6. The van der Waals surface area contributed by atoms with Gasteiger partial charge in [-0.25, -0.2) is 0 Å². The van der Waals surface area contributed by atoms with E-state index in [1.165, 1.54) is 110 Å². The SMILES string of the molecule is c1ccc(-c2cc3ccccc3c3ccccc23)c(-c2ccc3c4c(ccc3c2)-c2ccc3ccccc3c2C42c3ccccc3-c3ccccc32)c1. The maximum atomic E-state index is 2.43. The first kappa shape index (κ1) is 28.9. The van der Waals surface area contributed by atoms with Crippen molar-refractivity contribution >= 4 is 43.1 Å². The average Bonchev–Trinajstić information content (AvgIpc) is 3.71. The van der Waals surface area contributed by atoms with E-state index in [-0.39, 0.29) is 0 Å². The largest absolute Gasteiger partial charge is 0.0737 e. The van der Waals surface area contributed by atoms with Crippen LogP contribution in [0.4, 0.5) is 0 Å². The minimum atomic E-state index is -0.429. The van der Waals surface area contributed by atoms with Crippen LogP contribution in [0, 0.1) is 0 Å². The third kappa shape index (κ3) is 3.75. The number of fused-ring (bicyclic) bond motifs is 17. The summed E-state index contributed by atoms with van der Waals surface area (Å²) in [5.41, 5.74) is 15.5. The first-order valence-electron chi connectivity index (χ1n) is 18.6. The zero-order chi connectivity index (χ0) is 34.7. The van der Waals surface area contributed by atoms with Gasteiger partial charge in [0.25, 0.3) is 0 Å². The Morgan fingerprint density at radius 3 is 1.45 bits per heavy atom. The molecule has 0 radical (unpaired) electrons. The van der Waals surface area contributed by atoms with Crippen LogP contribution < -0.4 is 0 Å². The van der Waals surface area contributed by atoms with Gasteiger partial charge < -0.3 is 0 Å². The molecule has 0 N–H and O–H groups in total. The second-order valence-electron chi connectivity index (χ2n) is 14.7. The summed E-state index contributed by atoms with van der Waals surface area (Å²) in [5, 5.41) is 10.3. The molecule has 0 amide bonds. The Morgan fingerprint density at radius 1 is 0.245 bits per heavy atom. The van der Waals surface area contributed by atoms with Gasteiger partial charge in [-0.3, -0.25) is 0 Å². The topological polar surface area (TPSA) is 0 Å². The van der Waals surface area contributed by atoms with Crippen molar-refractivity contribution in [1.82, 2.24) is 0 Å². The van der Waals surface area contributed by atoms with Crippen molar-refractivity contribution in [2.45, 2.75) is 5.41 Å². The number of hydrogen-bond acceptors (Lipinski definition) is 0. The van der Waals surface area contributed by atoms with Gasteiger partial charge in [0.2, 0.25) is 0 Å². The molecule has 10 aromatic rings. The van der Waals surface area contributed by atoms with Gasteiger partial charge in [0.05, 0.1) is 5.41 Å². The van der Waals surface area contributed by atoms with Gasteiger partial charge in [-0.1, -0.05) is 182 Å². The number of hydrogen-bond donors (Lipinski definition) is 0. The molecule has 0 aliphatic heterocycles. The Labute approximate surface area is 308 Å². The van der Waals surface area contributed by atoms with Crippen molar-refractivity contribution in [2.24, 2.45) is 0 Å². The van der Waals surface area contributed by atoms with E-state index >= 15 is 0 Å². The number of rotatable bonds is 2. The standard InChI is InChI=1S/C53H32/c1-4-17-39-33(13-1)25-29-46-47-30-27-36-31-35(38-16-5-6-19-42(38)48-32-34-14-2-3-15-37(34)41-18-7-8-20-43(41)48)26-28-40(36)52(47)53(51(39)46)49-23-11-9-21-44(49)45-22-10-12-24-50(45)53/h1-32H. The summed E-state index contributed by atoms with van der Waals surface area (Å²) in [5.74, 6) is 0. The maximum absolute atomic E-state index is 2.43. The predicted molar refractivity (Wildman–Crippen MR) is 224 cm³/mol. The Hall–Kier alpha value is -6.76. The van der Waals surface area contributed by atoms with Gasteiger partial charge in [-0.05, 0) is 122 Å². The molecule has 0 bridgehead atoms. The summed E-state index contributed by atoms with van der Waals surface area (Å²) in [6, 6.07) is 72.8. The van der Waals surface area contributed by atoms with Gasteiger partial charge in [-0.2, -0.15) is 0 Å². The van der Waals surface area contributed by atoms with E-state index < -0.39 is 5.41 Å².